The topological polar surface area (TPSA) is 77.3 Å². The molecule has 3 aromatic carbocycles. The number of benzene rings is 3. The van der Waals surface area contributed by atoms with E-state index in [1.54, 1.807) is 38.1 Å². The quantitative estimate of drug-likeness (QED) is 0.344. The lowest BCUT2D eigenvalue weighted by molar-refractivity contribution is -0.147. The highest BCUT2D eigenvalue weighted by Gasteiger charge is 2.28. The number of nitrogens with zero attached hydrogens (tertiary/aromatic N) is 2. The Bertz CT molecular complexity index is 1020. The van der Waals surface area contributed by atoms with Crippen molar-refractivity contribution >= 4 is 17.6 Å². The minimum absolute atomic E-state index is 0.126. The first-order valence-corrected chi connectivity index (χ1v) is 10.3. The third-order valence-electron chi connectivity index (χ3n) is 4.84. The second-order valence-corrected chi connectivity index (χ2v) is 7.79. The number of methoxy groups -OCH3 is 1. The van der Waals surface area contributed by atoms with Crippen LogP contribution < -0.4 is 0 Å². The van der Waals surface area contributed by atoms with Crippen LogP contribution in [0.5, 0.6) is 0 Å². The van der Waals surface area contributed by atoms with Gasteiger partial charge in [-0.2, -0.15) is 10.2 Å². The molecule has 0 saturated heterocycles. The van der Waals surface area contributed by atoms with E-state index in [0.29, 0.717) is 5.69 Å². The van der Waals surface area contributed by atoms with Gasteiger partial charge in [-0.15, -0.1) is 0 Å². The molecule has 0 heterocycles. The van der Waals surface area contributed by atoms with Crippen molar-refractivity contribution in [2.45, 2.75) is 31.9 Å². The summed E-state index contributed by atoms with van der Waals surface area (Å²) in [5.74, 6) is -0.795. The lowest BCUT2D eigenvalue weighted by atomic mass is 10.0. The standard InChI is InChI=1S/C26H26N2O4/c1-26(2,25(30)31-3)28-27-22-16-14-19(15-17-22)18-23(29)32-24(20-10-6-4-7-11-20)21-12-8-5-9-13-21/h4-17,24H,18H2,1-3H3. The van der Waals surface area contributed by atoms with Gasteiger partial charge in [0.05, 0.1) is 19.2 Å². The first kappa shape index (κ1) is 22.9. The summed E-state index contributed by atoms with van der Waals surface area (Å²) in [6.07, 6.45) is -0.347. The van der Waals surface area contributed by atoms with Gasteiger partial charge < -0.3 is 9.47 Å². The van der Waals surface area contributed by atoms with Crippen molar-refractivity contribution in [3.63, 3.8) is 0 Å². The highest BCUT2D eigenvalue weighted by Crippen LogP contribution is 2.26. The molecule has 0 amide bonds. The highest BCUT2D eigenvalue weighted by atomic mass is 16.5. The maximum Gasteiger partial charge on any atom is 0.335 e. The van der Waals surface area contributed by atoms with Crippen LogP contribution in [0.3, 0.4) is 0 Å². The predicted octanol–water partition coefficient (Wildman–Crippen LogP) is 5.60. The van der Waals surface area contributed by atoms with Crippen LogP contribution >= 0.6 is 0 Å². The van der Waals surface area contributed by atoms with Crippen molar-refractivity contribution in [3.8, 4) is 0 Å². The molecule has 0 aliphatic rings. The summed E-state index contributed by atoms with van der Waals surface area (Å²) in [6.45, 7) is 3.26. The SMILES string of the molecule is COC(=O)C(C)(C)N=Nc1ccc(CC(=O)OC(c2ccccc2)c2ccccc2)cc1. The fourth-order valence-corrected chi connectivity index (χ4v) is 3.08. The first-order chi connectivity index (χ1) is 15.4. The van der Waals surface area contributed by atoms with Gasteiger partial charge in [-0.1, -0.05) is 72.8 Å². The van der Waals surface area contributed by atoms with Crippen molar-refractivity contribution in [1.82, 2.24) is 0 Å². The smallest absolute Gasteiger partial charge is 0.335 e. The lowest BCUT2D eigenvalue weighted by Crippen LogP contribution is -2.30. The Labute approximate surface area is 187 Å². The summed E-state index contributed by atoms with van der Waals surface area (Å²) in [4.78, 5) is 24.4. The third-order valence-corrected chi connectivity index (χ3v) is 4.84. The number of ether oxygens (including phenoxy) is 2. The van der Waals surface area contributed by atoms with Crippen molar-refractivity contribution in [1.29, 1.82) is 0 Å². The molecule has 164 valence electrons. The molecule has 0 saturated carbocycles. The fourth-order valence-electron chi connectivity index (χ4n) is 3.08. The van der Waals surface area contributed by atoms with E-state index < -0.39 is 17.6 Å². The summed E-state index contributed by atoms with van der Waals surface area (Å²) in [5.41, 5.74) is 2.12. The molecule has 3 rings (SSSR count). The molecule has 6 heteroatoms. The van der Waals surface area contributed by atoms with Crippen molar-refractivity contribution in [3.05, 3.63) is 102 Å². The molecule has 0 bridgehead atoms. The first-order valence-electron chi connectivity index (χ1n) is 10.3. The average Bonchev–Trinajstić information content (AvgIpc) is 2.82. The van der Waals surface area contributed by atoms with E-state index in [2.05, 4.69) is 10.2 Å². The van der Waals surface area contributed by atoms with Crippen LogP contribution in [-0.2, 0) is 25.5 Å². The number of carbonyl (C=O) groups excluding carboxylic acids is 2. The molecule has 0 fully saturated rings. The Kier molecular flexibility index (Phi) is 7.49. The molecule has 0 aromatic heterocycles. The number of rotatable bonds is 8. The molecular weight excluding hydrogens is 404 g/mol. The monoisotopic (exact) mass is 430 g/mol. The Morgan fingerprint density at radius 3 is 1.88 bits per heavy atom. The maximum absolute atomic E-state index is 12.7. The normalized spacial score (nSPS) is 11.5. The van der Waals surface area contributed by atoms with Crippen molar-refractivity contribution < 1.29 is 19.1 Å². The van der Waals surface area contributed by atoms with Crippen LogP contribution in [0.15, 0.2) is 95.2 Å². The number of azo groups is 1. The minimum Gasteiger partial charge on any atom is -0.467 e. The Hall–Kier alpha value is -3.80. The Morgan fingerprint density at radius 1 is 0.844 bits per heavy atom. The predicted molar refractivity (Wildman–Crippen MR) is 122 cm³/mol. The lowest BCUT2D eigenvalue weighted by Gasteiger charge is -2.19. The molecule has 0 atom stereocenters. The van der Waals surface area contributed by atoms with Gasteiger partial charge in [-0.05, 0) is 42.7 Å². The summed E-state index contributed by atoms with van der Waals surface area (Å²) in [5, 5.41) is 8.16. The molecule has 0 N–H and O–H groups in total. The van der Waals surface area contributed by atoms with Gasteiger partial charge in [0.2, 0.25) is 0 Å². The molecule has 32 heavy (non-hydrogen) atoms. The summed E-state index contributed by atoms with van der Waals surface area (Å²) < 4.78 is 10.6. The third kappa shape index (κ3) is 6.11. The van der Waals surface area contributed by atoms with E-state index in [-0.39, 0.29) is 12.4 Å². The maximum atomic E-state index is 12.7. The van der Waals surface area contributed by atoms with Crippen LogP contribution in [0.1, 0.15) is 36.6 Å². The second-order valence-electron chi connectivity index (χ2n) is 7.79. The van der Waals surface area contributed by atoms with Crippen LogP contribution in [0.4, 0.5) is 5.69 Å². The summed E-state index contributed by atoms with van der Waals surface area (Å²) in [7, 11) is 1.31. The van der Waals surface area contributed by atoms with E-state index in [0.717, 1.165) is 16.7 Å². The van der Waals surface area contributed by atoms with Gasteiger partial charge in [0.1, 0.15) is 0 Å². The molecular formula is C26H26N2O4. The van der Waals surface area contributed by atoms with Crippen LogP contribution in [0, 0.1) is 0 Å². The van der Waals surface area contributed by atoms with Crippen molar-refractivity contribution in [2.24, 2.45) is 10.2 Å². The Balaban J connectivity index is 1.68. The molecule has 0 spiro atoms. The zero-order valence-electron chi connectivity index (χ0n) is 18.4. The van der Waals surface area contributed by atoms with Crippen LogP contribution in [0.2, 0.25) is 0 Å². The van der Waals surface area contributed by atoms with E-state index in [1.165, 1.54) is 7.11 Å². The van der Waals surface area contributed by atoms with Gasteiger partial charge in [0.25, 0.3) is 0 Å². The number of hydrogen-bond acceptors (Lipinski definition) is 6. The zero-order chi connectivity index (χ0) is 23.0. The average molecular weight is 431 g/mol. The van der Waals surface area contributed by atoms with E-state index in [1.807, 2.05) is 60.7 Å². The Morgan fingerprint density at radius 2 is 1.38 bits per heavy atom. The van der Waals surface area contributed by atoms with Crippen LogP contribution in [0.25, 0.3) is 0 Å². The highest BCUT2D eigenvalue weighted by molar-refractivity contribution is 5.79. The van der Waals surface area contributed by atoms with Gasteiger partial charge in [0.15, 0.2) is 11.6 Å². The molecule has 0 aliphatic carbocycles. The molecule has 0 unspecified atom stereocenters. The van der Waals surface area contributed by atoms with Gasteiger partial charge in [-0.25, -0.2) is 4.79 Å². The molecule has 6 nitrogen and oxygen atoms in total. The summed E-state index contributed by atoms with van der Waals surface area (Å²) in [6, 6.07) is 26.4. The zero-order valence-corrected chi connectivity index (χ0v) is 18.4. The number of esters is 2. The number of carbonyl (C=O) groups is 2. The minimum atomic E-state index is -1.07. The fraction of sp³-hybridized carbons (Fsp3) is 0.231. The van der Waals surface area contributed by atoms with E-state index in [9.17, 15) is 9.59 Å². The van der Waals surface area contributed by atoms with E-state index >= 15 is 0 Å². The van der Waals surface area contributed by atoms with Gasteiger partial charge >= 0.3 is 11.9 Å². The van der Waals surface area contributed by atoms with Crippen molar-refractivity contribution in [2.75, 3.05) is 7.11 Å². The molecule has 0 aliphatic heterocycles. The summed E-state index contributed by atoms with van der Waals surface area (Å²) >= 11 is 0. The number of hydrogen-bond donors (Lipinski definition) is 0. The molecule has 3 aromatic rings. The van der Waals surface area contributed by atoms with Crippen LogP contribution in [-0.4, -0.2) is 24.6 Å². The van der Waals surface area contributed by atoms with E-state index in [4.69, 9.17) is 9.47 Å². The largest absolute Gasteiger partial charge is 0.467 e. The molecule has 0 radical (unpaired) electrons. The van der Waals surface area contributed by atoms with Gasteiger partial charge in [0, 0.05) is 0 Å². The second kappa shape index (κ2) is 10.5. The van der Waals surface area contributed by atoms with Gasteiger partial charge in [-0.3, -0.25) is 4.79 Å².